The summed E-state index contributed by atoms with van der Waals surface area (Å²) in [5, 5.41) is 9.56. The molecule has 0 saturated carbocycles. The first-order valence-electron chi connectivity index (χ1n) is 5.83. The number of carboxylic acid groups (broad SMARTS) is 1. The van der Waals surface area contributed by atoms with E-state index in [1.54, 1.807) is 6.07 Å². The highest BCUT2D eigenvalue weighted by atomic mass is 16.7. The molecule has 1 aromatic heterocycles. The number of rotatable bonds is 2. The number of carbonyl (C=O) groups is 1. The van der Waals surface area contributed by atoms with Gasteiger partial charge < -0.3 is 9.84 Å². The third-order valence-electron chi connectivity index (χ3n) is 2.94. The summed E-state index contributed by atoms with van der Waals surface area (Å²) in [7, 11) is 0. The molecule has 0 unspecified atom stereocenters. The van der Waals surface area contributed by atoms with E-state index in [9.17, 15) is 4.79 Å². The summed E-state index contributed by atoms with van der Waals surface area (Å²) in [5.74, 6) is 0.362. The van der Waals surface area contributed by atoms with E-state index >= 15 is 0 Å². The molecule has 0 fully saturated rings. The summed E-state index contributed by atoms with van der Waals surface area (Å²) in [6.45, 7) is 5.88. The molecular weight excluding hydrogens is 230 g/mol. The number of benzene rings is 1. The predicted octanol–water partition coefficient (Wildman–Crippen LogP) is 3.47. The maximum absolute atomic E-state index is 10.6. The van der Waals surface area contributed by atoms with Gasteiger partial charge in [0.25, 0.3) is 0 Å². The van der Waals surface area contributed by atoms with Crippen molar-refractivity contribution in [1.29, 1.82) is 0 Å². The van der Waals surface area contributed by atoms with Gasteiger partial charge in [-0.1, -0.05) is 6.92 Å². The Bertz CT molecular complexity index is 620. The van der Waals surface area contributed by atoms with Crippen molar-refractivity contribution in [2.75, 3.05) is 0 Å². The third-order valence-corrected chi connectivity index (χ3v) is 2.94. The Labute approximate surface area is 105 Å². The fraction of sp³-hybridized carbons (Fsp3) is 0.286. The van der Waals surface area contributed by atoms with E-state index in [-0.39, 0.29) is 0 Å². The molecule has 0 spiro atoms. The van der Waals surface area contributed by atoms with Crippen molar-refractivity contribution in [2.24, 2.45) is 0 Å². The van der Waals surface area contributed by atoms with Gasteiger partial charge in [0.2, 0.25) is 0 Å². The van der Waals surface area contributed by atoms with Crippen molar-refractivity contribution in [3.63, 3.8) is 0 Å². The van der Waals surface area contributed by atoms with Gasteiger partial charge in [-0.25, -0.2) is 4.79 Å². The van der Waals surface area contributed by atoms with Crippen LogP contribution in [0.3, 0.4) is 0 Å². The SMILES string of the molecule is CCc1nc2cc(C)c(OC(=O)O)cc2cc1C. The van der Waals surface area contributed by atoms with Crippen LogP contribution in [0.15, 0.2) is 18.2 Å². The minimum atomic E-state index is -1.30. The fourth-order valence-electron chi connectivity index (χ4n) is 2.01. The molecular formula is C14H15NO3. The minimum Gasteiger partial charge on any atom is -0.449 e. The monoisotopic (exact) mass is 245 g/mol. The van der Waals surface area contributed by atoms with Crippen LogP contribution in [0.4, 0.5) is 4.79 Å². The molecule has 0 aliphatic rings. The molecule has 94 valence electrons. The second-order valence-corrected chi connectivity index (χ2v) is 4.28. The van der Waals surface area contributed by atoms with E-state index in [0.717, 1.165) is 34.1 Å². The number of nitrogens with zero attached hydrogens (tertiary/aromatic N) is 1. The smallest absolute Gasteiger partial charge is 0.449 e. The van der Waals surface area contributed by atoms with Gasteiger partial charge in [-0.15, -0.1) is 0 Å². The lowest BCUT2D eigenvalue weighted by molar-refractivity contribution is 0.144. The van der Waals surface area contributed by atoms with Gasteiger partial charge in [0.1, 0.15) is 5.75 Å². The largest absolute Gasteiger partial charge is 0.511 e. The van der Waals surface area contributed by atoms with Gasteiger partial charge in [-0.2, -0.15) is 0 Å². The highest BCUT2D eigenvalue weighted by Gasteiger charge is 2.09. The average molecular weight is 245 g/mol. The molecule has 4 heteroatoms. The number of fused-ring (bicyclic) bond motifs is 1. The Morgan fingerprint density at radius 2 is 2.00 bits per heavy atom. The van der Waals surface area contributed by atoms with Crippen LogP contribution in [0.2, 0.25) is 0 Å². The Morgan fingerprint density at radius 1 is 1.28 bits per heavy atom. The molecule has 4 nitrogen and oxygen atoms in total. The van der Waals surface area contributed by atoms with Crippen LogP contribution < -0.4 is 4.74 Å². The molecule has 0 aliphatic heterocycles. The number of hydrogen-bond acceptors (Lipinski definition) is 3. The lowest BCUT2D eigenvalue weighted by Gasteiger charge is -2.09. The number of pyridine rings is 1. The molecule has 1 N–H and O–H groups in total. The predicted molar refractivity (Wildman–Crippen MR) is 69.2 cm³/mol. The summed E-state index contributed by atoms with van der Waals surface area (Å²) in [6, 6.07) is 5.58. The molecule has 1 aromatic carbocycles. The third kappa shape index (κ3) is 2.27. The minimum absolute atomic E-state index is 0.362. The van der Waals surface area contributed by atoms with E-state index in [1.807, 2.05) is 26.0 Å². The summed E-state index contributed by atoms with van der Waals surface area (Å²) in [6.07, 6.45) is -0.416. The number of hydrogen-bond donors (Lipinski definition) is 1. The quantitative estimate of drug-likeness (QED) is 0.650. The number of aromatic nitrogens is 1. The van der Waals surface area contributed by atoms with E-state index in [2.05, 4.69) is 11.9 Å². The highest BCUT2D eigenvalue weighted by Crippen LogP contribution is 2.26. The standard InChI is InChI=1S/C14H15NO3/c1-4-11-8(2)5-10-7-13(18-14(16)17)9(3)6-12(10)15-11/h5-7H,4H2,1-3H3,(H,16,17). The van der Waals surface area contributed by atoms with E-state index in [4.69, 9.17) is 9.84 Å². The van der Waals surface area contributed by atoms with Crippen molar-refractivity contribution in [3.8, 4) is 5.75 Å². The topological polar surface area (TPSA) is 59.4 Å². The average Bonchev–Trinajstić information content (AvgIpc) is 2.29. The molecule has 2 rings (SSSR count). The van der Waals surface area contributed by atoms with Crippen molar-refractivity contribution >= 4 is 17.1 Å². The highest BCUT2D eigenvalue weighted by molar-refractivity contribution is 5.83. The van der Waals surface area contributed by atoms with E-state index in [1.165, 1.54) is 0 Å². The Morgan fingerprint density at radius 3 is 2.61 bits per heavy atom. The van der Waals surface area contributed by atoms with Gasteiger partial charge in [-0.3, -0.25) is 4.98 Å². The van der Waals surface area contributed by atoms with Crippen molar-refractivity contribution in [2.45, 2.75) is 27.2 Å². The summed E-state index contributed by atoms with van der Waals surface area (Å²) in [5.41, 5.74) is 3.81. The number of ether oxygens (including phenoxy) is 1. The molecule has 1 heterocycles. The summed E-state index contributed by atoms with van der Waals surface area (Å²) >= 11 is 0. The van der Waals surface area contributed by atoms with Crippen LogP contribution >= 0.6 is 0 Å². The molecule has 0 radical (unpaired) electrons. The molecule has 18 heavy (non-hydrogen) atoms. The van der Waals surface area contributed by atoms with E-state index < -0.39 is 6.16 Å². The maximum atomic E-state index is 10.6. The molecule has 0 amide bonds. The lowest BCUT2D eigenvalue weighted by atomic mass is 10.1. The van der Waals surface area contributed by atoms with Gasteiger partial charge in [0, 0.05) is 11.1 Å². The second-order valence-electron chi connectivity index (χ2n) is 4.28. The van der Waals surface area contributed by atoms with Crippen molar-refractivity contribution in [1.82, 2.24) is 4.98 Å². The Hall–Kier alpha value is -2.10. The first-order chi connectivity index (χ1) is 8.51. The zero-order valence-electron chi connectivity index (χ0n) is 10.7. The van der Waals surface area contributed by atoms with Gasteiger partial charge in [0.05, 0.1) is 5.52 Å². The lowest BCUT2D eigenvalue weighted by Crippen LogP contribution is -2.04. The van der Waals surface area contributed by atoms with Crippen LogP contribution in [-0.4, -0.2) is 16.2 Å². The zero-order chi connectivity index (χ0) is 13.3. The first kappa shape index (κ1) is 12.4. The zero-order valence-corrected chi connectivity index (χ0v) is 10.7. The molecule has 0 saturated heterocycles. The molecule has 0 atom stereocenters. The van der Waals surface area contributed by atoms with Crippen molar-refractivity contribution in [3.05, 3.63) is 35.0 Å². The van der Waals surface area contributed by atoms with Crippen LogP contribution in [0.1, 0.15) is 23.7 Å². The van der Waals surface area contributed by atoms with Crippen LogP contribution in [0.5, 0.6) is 5.75 Å². The molecule has 2 aromatic rings. The van der Waals surface area contributed by atoms with Crippen LogP contribution in [0, 0.1) is 13.8 Å². The van der Waals surface area contributed by atoms with Gasteiger partial charge in [0.15, 0.2) is 0 Å². The number of aryl methyl sites for hydroxylation is 3. The summed E-state index contributed by atoms with van der Waals surface area (Å²) in [4.78, 5) is 15.2. The van der Waals surface area contributed by atoms with Gasteiger partial charge in [-0.05, 0) is 49.6 Å². The molecule has 0 bridgehead atoms. The van der Waals surface area contributed by atoms with Gasteiger partial charge >= 0.3 is 6.16 Å². The summed E-state index contributed by atoms with van der Waals surface area (Å²) < 4.78 is 4.74. The Kier molecular flexibility index (Phi) is 3.19. The van der Waals surface area contributed by atoms with Crippen molar-refractivity contribution < 1.29 is 14.6 Å². The fourth-order valence-corrected chi connectivity index (χ4v) is 2.01. The normalized spacial score (nSPS) is 10.6. The Balaban J connectivity index is 2.60. The second kappa shape index (κ2) is 4.64. The van der Waals surface area contributed by atoms with E-state index in [0.29, 0.717) is 5.75 Å². The van der Waals surface area contributed by atoms with Crippen LogP contribution in [-0.2, 0) is 6.42 Å². The maximum Gasteiger partial charge on any atom is 0.511 e. The first-order valence-corrected chi connectivity index (χ1v) is 5.83. The molecule has 0 aliphatic carbocycles. The van der Waals surface area contributed by atoms with Crippen LogP contribution in [0.25, 0.3) is 10.9 Å².